The Morgan fingerprint density at radius 2 is 1.37 bits per heavy atom. The van der Waals surface area contributed by atoms with Crippen LogP contribution in [-0.4, -0.2) is 159 Å². The van der Waals surface area contributed by atoms with Gasteiger partial charge in [-0.3, -0.25) is 47.3 Å². The molecule has 0 spiro atoms. The summed E-state index contributed by atoms with van der Waals surface area (Å²) in [4.78, 5) is 80.4. The zero-order valence-electron chi connectivity index (χ0n) is 60.2. The number of anilines is 3. The molecule has 3 aliphatic rings. The van der Waals surface area contributed by atoms with Crippen LogP contribution in [0, 0.1) is 0 Å². The molecule has 3 amide bonds. The van der Waals surface area contributed by atoms with Crippen LogP contribution < -0.4 is 37.0 Å². The van der Waals surface area contributed by atoms with Crippen molar-refractivity contribution < 1.29 is 93.9 Å². The molecule has 0 saturated heterocycles. The van der Waals surface area contributed by atoms with E-state index in [0.29, 0.717) is 80.6 Å². The molecule has 4 unspecified atom stereocenters. The number of fused-ring (bicyclic) bond motifs is 7. The van der Waals surface area contributed by atoms with E-state index in [1.165, 1.54) is 50.2 Å². The maximum Gasteiger partial charge on any atom is 0.471 e. The zero-order chi connectivity index (χ0) is 79.8. The van der Waals surface area contributed by atoms with Crippen LogP contribution in [0.15, 0.2) is 153 Å². The summed E-state index contributed by atoms with van der Waals surface area (Å²) in [7, 11) is -18.1. The van der Waals surface area contributed by atoms with E-state index in [2.05, 4.69) is 35.9 Å². The number of H-pyrrole nitrogens is 1. The van der Waals surface area contributed by atoms with Crippen LogP contribution in [0.4, 0.5) is 36.2 Å². The van der Waals surface area contributed by atoms with Gasteiger partial charge < -0.3 is 31.7 Å². The second kappa shape index (κ2) is 31.6. The van der Waals surface area contributed by atoms with Crippen molar-refractivity contribution in [3.63, 3.8) is 0 Å². The number of carboxylic acid groups (broad SMARTS) is 1. The summed E-state index contributed by atoms with van der Waals surface area (Å²) in [6.07, 6.45) is 5.50. The Morgan fingerprint density at radius 1 is 0.743 bits per heavy atom. The zero-order valence-corrected chi connectivity index (χ0v) is 63.5. The van der Waals surface area contributed by atoms with Crippen molar-refractivity contribution in [1.29, 1.82) is 0 Å². The molecule has 2 aliphatic heterocycles. The molecule has 4 heterocycles. The van der Waals surface area contributed by atoms with Crippen molar-refractivity contribution in [2.24, 2.45) is 0 Å². The molecule has 0 saturated carbocycles. The number of hydrogen-bond acceptors (Lipinski definition) is 19. The molecular weight excluding hydrogens is 1500 g/mol. The number of amides is 3. The SMILES string of the molecule is CC(CCC(=O)NC(CCCCNC1=C(C=CC2=[N+](CCC(C)S(=O)(=O)O)c3ccc4cc(S(=O)(=O)O)ccc4c3C2(C)C)CCCC1=CC=C1N(CCC(C)S(=O)(=O)O)c2ccc3cc(S(=O)(=O)O)ccc3c2C1(C)C)C(=O)O)NC(=O)c1ccc(N(Cc2cnc3nc(N)[nH]c(=O)c3n2)C(=O)C(F)(F)F)cc1. The molecule has 582 valence electrons. The summed E-state index contributed by atoms with van der Waals surface area (Å²) < 4.78 is 183. The van der Waals surface area contributed by atoms with Crippen LogP contribution in [0.1, 0.15) is 140 Å². The lowest BCUT2D eigenvalue weighted by Gasteiger charge is -2.28. The highest BCUT2D eigenvalue weighted by Crippen LogP contribution is 2.52. The molecule has 4 atom stereocenters. The van der Waals surface area contributed by atoms with E-state index in [4.69, 9.17) is 5.73 Å². The van der Waals surface area contributed by atoms with E-state index in [-0.39, 0.29) is 102 Å². The third-order valence-corrected chi connectivity index (χ3v) is 24.2. The van der Waals surface area contributed by atoms with Crippen LogP contribution in [0.5, 0.6) is 0 Å². The van der Waals surface area contributed by atoms with E-state index < -0.39 is 116 Å². The lowest BCUT2D eigenvalue weighted by atomic mass is 9.78. The standard InChI is InChI=1S/C73H82F3N11O18S4/c1-41(80-66(89)46-15-21-50(22-16-46)87(69(93)73(74,75)76)40-49-39-79-65-64(81-49)67(90)84-70(77)83-65)14-31-60(88)82-55(68(91)92)13-8-9-34-78-63-44(19-29-58-71(4,5)61-53-25-23-51(108(100,101)102)37-47(53)17-27-56(61)85(58)35-32-42(2)106(94,95)96)11-10-12-45(63)20-30-59-72(6,7)62-54-26-24-52(109(103,104)105)38-48(54)18-28-57(62)86(59)36-33-43(3)107(97,98)99/h15-30,37-39,41-43,55H,8-14,31-36,40H2,1-7H3,(H10,77,79,80,82,83,84,88,89,90,91,92,94,95,96,97,98,99,100,101,102,103,104,105)/p+1. The Hall–Kier alpha value is -9.82. The summed E-state index contributed by atoms with van der Waals surface area (Å²) in [5, 5.41) is 19.2. The summed E-state index contributed by atoms with van der Waals surface area (Å²) in [6.45, 7) is 11.9. The van der Waals surface area contributed by atoms with E-state index in [1.54, 1.807) is 43.3 Å². The molecular formula is C73H83F3N11O18S4+. The third-order valence-electron chi connectivity index (χ3n) is 20.0. The number of aromatic amines is 1. The minimum Gasteiger partial charge on any atom is -0.480 e. The number of aliphatic carboxylic acids is 1. The molecule has 7 aromatic rings. The first-order chi connectivity index (χ1) is 50.8. The monoisotopic (exact) mass is 1590 g/mol. The summed E-state index contributed by atoms with van der Waals surface area (Å²) in [5.74, 6) is -5.20. The minimum absolute atomic E-state index is 0.00724. The number of carboxylic acids is 1. The number of nitrogens with one attached hydrogen (secondary N) is 4. The van der Waals surface area contributed by atoms with Gasteiger partial charge in [-0.1, -0.05) is 44.2 Å². The lowest BCUT2D eigenvalue weighted by molar-refractivity contribution is -0.438. The van der Waals surface area contributed by atoms with Gasteiger partial charge in [0.2, 0.25) is 17.5 Å². The van der Waals surface area contributed by atoms with Gasteiger partial charge in [0.15, 0.2) is 23.4 Å². The van der Waals surface area contributed by atoms with Crippen LogP contribution >= 0.6 is 0 Å². The van der Waals surface area contributed by atoms with Crippen molar-refractivity contribution in [3.05, 3.63) is 171 Å². The number of carbonyl (C=O) groups is 4. The van der Waals surface area contributed by atoms with Crippen molar-refractivity contribution >= 4 is 126 Å². The number of allylic oxidation sites excluding steroid dienone is 7. The predicted molar refractivity (Wildman–Crippen MR) is 402 cm³/mol. The van der Waals surface area contributed by atoms with Gasteiger partial charge in [-0.25, -0.2) is 14.8 Å². The fourth-order valence-electron chi connectivity index (χ4n) is 14.1. The predicted octanol–water partition coefficient (Wildman–Crippen LogP) is 9.43. The number of nitrogen functional groups attached to an aromatic ring is 1. The van der Waals surface area contributed by atoms with E-state index in [0.717, 1.165) is 40.6 Å². The fraction of sp³-hybridized carbons (Fsp3) is 0.384. The van der Waals surface area contributed by atoms with Gasteiger partial charge in [-0.2, -0.15) is 56.4 Å². The van der Waals surface area contributed by atoms with Crippen LogP contribution in [-0.2, 0) is 72.2 Å². The molecule has 36 heteroatoms. The van der Waals surface area contributed by atoms with E-state index in [1.807, 2.05) is 61.5 Å². The molecule has 0 fully saturated rings. The Kier molecular flexibility index (Phi) is 23.7. The van der Waals surface area contributed by atoms with Gasteiger partial charge in [0, 0.05) is 83.4 Å². The Balaban J connectivity index is 0.889. The number of rotatable bonds is 29. The molecule has 29 nitrogen and oxygen atoms in total. The highest BCUT2D eigenvalue weighted by atomic mass is 32.2. The number of nitrogens with two attached hydrogens (primary N) is 1. The van der Waals surface area contributed by atoms with Crippen molar-refractivity contribution in [3.8, 4) is 0 Å². The quantitative estimate of drug-likeness (QED) is 0.0118. The number of alkyl halides is 3. The number of aromatic nitrogens is 4. The Morgan fingerprint density at radius 3 is 1.98 bits per heavy atom. The minimum atomic E-state index is -5.35. The molecule has 10 rings (SSSR count). The number of unbranched alkanes of at least 4 members (excludes halogenated alkanes) is 1. The first-order valence-electron chi connectivity index (χ1n) is 34.7. The molecule has 1 aliphatic carbocycles. The number of nitrogens with zero attached hydrogens (tertiary/aromatic N) is 6. The lowest BCUT2D eigenvalue weighted by Crippen LogP contribution is -2.41. The first-order valence-corrected chi connectivity index (χ1v) is 40.6. The van der Waals surface area contributed by atoms with E-state index in [9.17, 15) is 94.1 Å². The average molecular weight is 1590 g/mol. The van der Waals surface area contributed by atoms with Crippen LogP contribution in [0.25, 0.3) is 32.7 Å². The normalized spacial score (nSPS) is 17.3. The molecule has 0 radical (unpaired) electrons. The summed E-state index contributed by atoms with van der Waals surface area (Å²) >= 11 is 0. The summed E-state index contributed by atoms with van der Waals surface area (Å²) in [6, 6.07) is 18.0. The summed E-state index contributed by atoms with van der Waals surface area (Å²) in [5.41, 5.74) is 8.62. The van der Waals surface area contributed by atoms with Gasteiger partial charge in [0.25, 0.3) is 51.9 Å². The average Bonchev–Trinajstić information content (AvgIpc) is 1.58. The molecule has 11 N–H and O–H groups in total. The second-order valence-corrected chi connectivity index (χ2v) is 34.9. The number of carbonyl (C=O) groups excluding carboxylic acids is 3. The van der Waals surface area contributed by atoms with Crippen LogP contribution in [0.2, 0.25) is 0 Å². The van der Waals surface area contributed by atoms with Crippen LogP contribution in [0.3, 0.4) is 0 Å². The number of halogens is 3. The molecule has 0 bridgehead atoms. The number of benzene rings is 5. The van der Waals surface area contributed by atoms with Gasteiger partial charge in [-0.15, -0.1) is 0 Å². The maximum absolute atomic E-state index is 13.9. The fourth-order valence-corrected chi connectivity index (χ4v) is 15.9. The highest BCUT2D eigenvalue weighted by molar-refractivity contribution is 7.87. The first kappa shape index (κ1) is 81.7. The molecule has 109 heavy (non-hydrogen) atoms. The topological polar surface area (TPSA) is 449 Å². The van der Waals surface area contributed by atoms with Crippen molar-refractivity contribution in [2.45, 2.75) is 169 Å². The van der Waals surface area contributed by atoms with Gasteiger partial charge in [-0.05, 0) is 191 Å². The smallest absolute Gasteiger partial charge is 0.471 e. The van der Waals surface area contributed by atoms with Gasteiger partial charge >= 0.3 is 18.1 Å². The van der Waals surface area contributed by atoms with E-state index >= 15 is 0 Å². The molecule has 2 aromatic heterocycles. The van der Waals surface area contributed by atoms with Gasteiger partial charge in [0.1, 0.15) is 6.04 Å². The molecule has 5 aromatic carbocycles. The Bertz CT molecular complexity index is 5550. The maximum atomic E-state index is 13.9. The van der Waals surface area contributed by atoms with Crippen molar-refractivity contribution in [2.75, 3.05) is 35.2 Å². The largest absolute Gasteiger partial charge is 0.480 e. The number of hydrogen-bond donors (Lipinski definition) is 10. The van der Waals surface area contributed by atoms with Gasteiger partial charge in [0.05, 0.1) is 44.1 Å². The highest BCUT2D eigenvalue weighted by Gasteiger charge is 2.47. The second-order valence-electron chi connectivity index (χ2n) is 28.3. The Labute approximate surface area is 626 Å². The van der Waals surface area contributed by atoms with Crippen molar-refractivity contribution in [1.82, 2.24) is 35.9 Å². The third kappa shape index (κ3) is 18.4.